The molecule has 0 aliphatic rings. The molecule has 0 spiro atoms. The van der Waals surface area contributed by atoms with Gasteiger partial charge in [0, 0.05) is 19.3 Å². The Bertz CT molecular complexity index is 1390. The number of ether oxygens (including phenoxy) is 3. The largest absolute Gasteiger partial charge is 0.462 e. The van der Waals surface area contributed by atoms with Gasteiger partial charge >= 0.3 is 17.9 Å². The molecule has 6 nitrogen and oxygen atoms in total. The first kappa shape index (κ1) is 63.1. The Labute approximate surface area is 412 Å². The first-order chi connectivity index (χ1) is 33.0. The summed E-state index contributed by atoms with van der Waals surface area (Å²) in [6, 6.07) is 0. The maximum atomic E-state index is 12.8. The molecule has 0 heterocycles. The fraction of sp³-hybridized carbons (Fsp3) is 0.656. The van der Waals surface area contributed by atoms with Crippen molar-refractivity contribution in [3.63, 3.8) is 0 Å². The van der Waals surface area contributed by atoms with E-state index in [1.54, 1.807) is 0 Å². The van der Waals surface area contributed by atoms with Crippen molar-refractivity contribution in [1.82, 2.24) is 0 Å². The normalized spacial score (nSPS) is 12.9. The highest BCUT2D eigenvalue weighted by molar-refractivity contribution is 5.71. The van der Waals surface area contributed by atoms with Crippen LogP contribution in [-0.2, 0) is 28.6 Å². The van der Waals surface area contributed by atoms with E-state index in [2.05, 4.69) is 69.4 Å². The third-order valence-corrected chi connectivity index (χ3v) is 11.4. The van der Waals surface area contributed by atoms with Crippen molar-refractivity contribution in [3.8, 4) is 0 Å². The second kappa shape index (κ2) is 54.7. The summed E-state index contributed by atoms with van der Waals surface area (Å²) in [6.07, 6.45) is 73.6. The van der Waals surface area contributed by atoms with Gasteiger partial charge in [-0.05, 0) is 70.6 Å². The van der Waals surface area contributed by atoms with E-state index in [-0.39, 0.29) is 37.5 Å². The van der Waals surface area contributed by atoms with Crippen molar-refractivity contribution in [2.75, 3.05) is 13.2 Å². The van der Waals surface area contributed by atoms with Gasteiger partial charge in [-0.2, -0.15) is 0 Å². The van der Waals surface area contributed by atoms with Crippen LogP contribution in [0.4, 0.5) is 0 Å². The van der Waals surface area contributed by atoms with Gasteiger partial charge in [0.1, 0.15) is 13.2 Å². The molecule has 0 aliphatic heterocycles. The highest BCUT2D eigenvalue weighted by Gasteiger charge is 2.19. The quantitative estimate of drug-likeness (QED) is 0.0199. The van der Waals surface area contributed by atoms with Crippen molar-refractivity contribution in [2.45, 2.75) is 245 Å². The second-order valence-electron chi connectivity index (χ2n) is 17.9. The van der Waals surface area contributed by atoms with E-state index < -0.39 is 6.10 Å². The van der Waals surface area contributed by atoms with Crippen LogP contribution in [0.3, 0.4) is 0 Å². The summed E-state index contributed by atoms with van der Waals surface area (Å²) in [4.78, 5) is 38.1. The lowest BCUT2D eigenvalue weighted by Crippen LogP contribution is -2.30. The monoisotopic (exact) mass is 929 g/mol. The van der Waals surface area contributed by atoms with E-state index in [1.165, 1.54) is 122 Å². The zero-order valence-corrected chi connectivity index (χ0v) is 43.4. The third kappa shape index (κ3) is 52.9. The Morgan fingerprint density at radius 2 is 0.657 bits per heavy atom. The van der Waals surface area contributed by atoms with E-state index >= 15 is 0 Å². The van der Waals surface area contributed by atoms with Gasteiger partial charge in [-0.25, -0.2) is 0 Å². The standard InChI is InChI=1S/C61H100O6/c1-4-7-10-13-16-19-22-25-28-30-33-36-39-42-45-48-51-54-60(63)66-57-58(56-65-59(62)53-50-47-44-41-38-35-32-27-24-21-18-15-12-9-6-3)67-61(64)55-52-49-46-43-40-37-34-31-29-26-23-20-17-14-11-8-5-2/h7,10,13,16,19,22,25-26,28-30,33-34,36-37,39,43,46,58H,4-6,8-9,11-12,14-15,17-18,20-21,23-24,27,31-32,35,38,40-42,44-45,47-57H2,1-3H3/b10-7-,16-13-,22-19-,28-25-,29-26-,33-30+,37-34-,39-36-,46-43-. The predicted octanol–water partition coefficient (Wildman–Crippen LogP) is 18.3. The van der Waals surface area contributed by atoms with E-state index in [4.69, 9.17) is 14.2 Å². The van der Waals surface area contributed by atoms with Crippen LogP contribution in [0, 0.1) is 0 Å². The van der Waals surface area contributed by atoms with Crippen molar-refractivity contribution in [1.29, 1.82) is 0 Å². The van der Waals surface area contributed by atoms with Gasteiger partial charge in [-0.3, -0.25) is 14.4 Å². The number of hydrogen-bond acceptors (Lipinski definition) is 6. The van der Waals surface area contributed by atoms with E-state index in [0.717, 1.165) is 70.6 Å². The topological polar surface area (TPSA) is 78.9 Å². The Morgan fingerprint density at radius 1 is 0.328 bits per heavy atom. The average molecular weight is 929 g/mol. The lowest BCUT2D eigenvalue weighted by Gasteiger charge is -2.18. The zero-order chi connectivity index (χ0) is 48.6. The van der Waals surface area contributed by atoms with Crippen LogP contribution in [0.15, 0.2) is 109 Å². The van der Waals surface area contributed by atoms with Crippen LogP contribution in [0.1, 0.15) is 239 Å². The fourth-order valence-corrected chi connectivity index (χ4v) is 7.31. The van der Waals surface area contributed by atoms with E-state index in [9.17, 15) is 14.4 Å². The Hall–Kier alpha value is -3.93. The van der Waals surface area contributed by atoms with Crippen LogP contribution >= 0.6 is 0 Å². The lowest BCUT2D eigenvalue weighted by atomic mass is 10.0. The van der Waals surface area contributed by atoms with Gasteiger partial charge < -0.3 is 14.2 Å². The summed E-state index contributed by atoms with van der Waals surface area (Å²) in [7, 11) is 0. The molecule has 0 saturated heterocycles. The third-order valence-electron chi connectivity index (χ3n) is 11.4. The minimum Gasteiger partial charge on any atom is -0.462 e. The molecule has 0 saturated carbocycles. The summed E-state index contributed by atoms with van der Waals surface area (Å²) < 4.78 is 16.8. The smallest absolute Gasteiger partial charge is 0.306 e. The van der Waals surface area contributed by atoms with Crippen LogP contribution in [0.2, 0.25) is 0 Å². The summed E-state index contributed by atoms with van der Waals surface area (Å²) in [5.74, 6) is -1.01. The van der Waals surface area contributed by atoms with Gasteiger partial charge in [-0.1, -0.05) is 259 Å². The molecule has 1 atom stereocenters. The Kier molecular flexibility index (Phi) is 51.5. The number of esters is 3. The van der Waals surface area contributed by atoms with Crippen LogP contribution in [0.25, 0.3) is 0 Å². The highest BCUT2D eigenvalue weighted by Crippen LogP contribution is 2.15. The second-order valence-corrected chi connectivity index (χ2v) is 17.9. The lowest BCUT2D eigenvalue weighted by molar-refractivity contribution is -0.167. The van der Waals surface area contributed by atoms with Gasteiger partial charge in [-0.15, -0.1) is 0 Å². The zero-order valence-electron chi connectivity index (χ0n) is 43.4. The van der Waals surface area contributed by atoms with Gasteiger partial charge in [0.05, 0.1) is 0 Å². The Balaban J connectivity index is 4.56. The minimum absolute atomic E-state index is 0.112. The molecule has 0 aromatic heterocycles. The van der Waals surface area contributed by atoms with Crippen molar-refractivity contribution in [2.24, 2.45) is 0 Å². The number of hydrogen-bond donors (Lipinski definition) is 0. The van der Waals surface area contributed by atoms with Gasteiger partial charge in [0.2, 0.25) is 0 Å². The maximum Gasteiger partial charge on any atom is 0.306 e. The van der Waals surface area contributed by atoms with Crippen LogP contribution < -0.4 is 0 Å². The Morgan fingerprint density at radius 3 is 1.10 bits per heavy atom. The molecular formula is C61H100O6. The van der Waals surface area contributed by atoms with E-state index in [0.29, 0.717) is 19.3 Å². The maximum absolute atomic E-state index is 12.8. The summed E-state index contributed by atoms with van der Waals surface area (Å²) in [5, 5.41) is 0. The molecule has 0 rings (SSSR count). The van der Waals surface area contributed by atoms with Gasteiger partial charge in [0.15, 0.2) is 6.10 Å². The summed E-state index contributed by atoms with van der Waals surface area (Å²) >= 11 is 0. The molecule has 380 valence electrons. The molecule has 0 aliphatic carbocycles. The number of unbranched alkanes of at least 4 members (excludes halogenated alkanes) is 24. The average Bonchev–Trinajstić information content (AvgIpc) is 3.33. The van der Waals surface area contributed by atoms with Gasteiger partial charge in [0.25, 0.3) is 0 Å². The molecule has 67 heavy (non-hydrogen) atoms. The van der Waals surface area contributed by atoms with Crippen LogP contribution in [0.5, 0.6) is 0 Å². The first-order valence-electron chi connectivity index (χ1n) is 27.5. The van der Waals surface area contributed by atoms with Crippen LogP contribution in [-0.4, -0.2) is 37.2 Å². The summed E-state index contributed by atoms with van der Waals surface area (Å²) in [6.45, 7) is 6.41. The van der Waals surface area contributed by atoms with E-state index in [1.807, 2.05) is 60.8 Å². The molecule has 0 fully saturated rings. The van der Waals surface area contributed by atoms with Crippen molar-refractivity contribution < 1.29 is 28.6 Å². The molecule has 6 heteroatoms. The number of carbonyl (C=O) groups excluding carboxylic acids is 3. The molecule has 0 aromatic carbocycles. The molecule has 0 radical (unpaired) electrons. The number of allylic oxidation sites excluding steroid dienone is 18. The highest BCUT2D eigenvalue weighted by atomic mass is 16.6. The summed E-state index contributed by atoms with van der Waals surface area (Å²) in [5.41, 5.74) is 0. The number of carbonyl (C=O) groups is 3. The number of rotatable bonds is 48. The molecule has 0 amide bonds. The predicted molar refractivity (Wildman–Crippen MR) is 288 cm³/mol. The first-order valence-corrected chi connectivity index (χ1v) is 27.5. The molecule has 0 aromatic rings. The molecule has 0 N–H and O–H groups in total. The molecular weight excluding hydrogens is 829 g/mol. The van der Waals surface area contributed by atoms with Crippen molar-refractivity contribution >= 4 is 17.9 Å². The minimum atomic E-state index is -0.823. The van der Waals surface area contributed by atoms with Crippen molar-refractivity contribution in [3.05, 3.63) is 109 Å². The fourth-order valence-electron chi connectivity index (χ4n) is 7.31. The SMILES string of the molecule is CC\C=C/C=C\C=C/C=C\C=C\C=C/CCCCCC(=O)OCC(COC(=O)CCCCCCCCCCCCCCCCC)OC(=O)CCC/C=C\C/C=C\C/C=C\CCCCCCCC. The molecule has 1 unspecified atom stereocenters. The molecule has 0 bridgehead atoms.